The van der Waals surface area contributed by atoms with Gasteiger partial charge in [0, 0.05) is 36.3 Å². The van der Waals surface area contributed by atoms with Crippen LogP contribution in [0.4, 0.5) is 15.3 Å². The third-order valence-corrected chi connectivity index (χ3v) is 8.71. The first kappa shape index (κ1) is 28.7. The third kappa shape index (κ3) is 6.34. The lowest BCUT2D eigenvalue weighted by atomic mass is 9.94. The molecule has 2 fully saturated rings. The maximum atomic E-state index is 15.7. The van der Waals surface area contributed by atoms with Crippen molar-refractivity contribution in [2.75, 3.05) is 16.3 Å². The number of aromatic nitrogens is 2. The van der Waals surface area contributed by atoms with Gasteiger partial charge in [0.05, 0.1) is 12.3 Å². The van der Waals surface area contributed by atoms with E-state index in [0.717, 1.165) is 53.7 Å². The molecule has 220 valence electrons. The number of nitrogens with zero attached hydrogens (tertiary/aromatic N) is 4. The van der Waals surface area contributed by atoms with Gasteiger partial charge in [-0.2, -0.15) is 4.39 Å². The Morgan fingerprint density at radius 1 is 1.02 bits per heavy atom. The fraction of sp³-hybridized carbons (Fsp3) is 0.303. The minimum absolute atomic E-state index is 0.0631. The maximum absolute atomic E-state index is 15.7. The van der Waals surface area contributed by atoms with Crippen molar-refractivity contribution in [3.8, 4) is 22.4 Å². The molecule has 6 rings (SSSR count). The van der Waals surface area contributed by atoms with Crippen molar-refractivity contribution in [2.45, 2.75) is 51.0 Å². The Labute approximate surface area is 252 Å². The summed E-state index contributed by atoms with van der Waals surface area (Å²) in [5.41, 5.74) is 3.02. The summed E-state index contributed by atoms with van der Waals surface area (Å²) >= 11 is 0.802. The topological polar surface area (TPSA) is 104 Å². The first-order chi connectivity index (χ1) is 20.9. The zero-order valence-electron chi connectivity index (χ0n) is 23.5. The number of carboxylic acids is 1. The molecular weight excluding hydrogens is 567 g/mol. The van der Waals surface area contributed by atoms with Crippen LogP contribution in [0.25, 0.3) is 22.4 Å². The Bertz CT molecular complexity index is 1640. The Morgan fingerprint density at radius 2 is 1.77 bits per heavy atom. The number of thiazole rings is 1. The molecule has 3 heterocycles. The second-order valence-electron chi connectivity index (χ2n) is 11.0. The number of rotatable bonds is 10. The molecule has 1 atom stereocenters. The smallest absolute Gasteiger partial charge is 0.304 e. The van der Waals surface area contributed by atoms with Crippen LogP contribution in [0.5, 0.6) is 0 Å². The highest BCUT2D eigenvalue weighted by Gasteiger charge is 2.40. The van der Waals surface area contributed by atoms with Crippen molar-refractivity contribution in [1.82, 2.24) is 9.97 Å². The summed E-state index contributed by atoms with van der Waals surface area (Å²) < 4.78 is 15.7. The van der Waals surface area contributed by atoms with Crippen LogP contribution >= 0.6 is 11.3 Å². The lowest BCUT2D eigenvalue weighted by Gasteiger charge is -2.25. The van der Waals surface area contributed by atoms with E-state index in [0.29, 0.717) is 24.3 Å². The Hall–Kier alpha value is -4.44. The van der Waals surface area contributed by atoms with Gasteiger partial charge < -0.3 is 5.11 Å². The van der Waals surface area contributed by atoms with Gasteiger partial charge in [0.1, 0.15) is 11.5 Å². The number of piperidine rings is 1. The molecule has 0 bridgehead atoms. The number of hydrogen-bond acceptors (Lipinski definition) is 6. The van der Waals surface area contributed by atoms with Crippen LogP contribution in [-0.4, -0.2) is 45.4 Å². The van der Waals surface area contributed by atoms with Crippen LogP contribution < -0.4 is 9.80 Å². The zero-order valence-corrected chi connectivity index (χ0v) is 24.3. The molecule has 4 aromatic rings. The number of carboxylic acid groups (broad SMARTS) is 1. The third-order valence-electron chi connectivity index (χ3n) is 7.87. The predicted octanol–water partition coefficient (Wildman–Crippen LogP) is 6.36. The lowest BCUT2D eigenvalue weighted by Crippen LogP contribution is -2.39. The van der Waals surface area contributed by atoms with E-state index in [9.17, 15) is 19.5 Å². The highest BCUT2D eigenvalue weighted by Crippen LogP contribution is 2.41. The van der Waals surface area contributed by atoms with E-state index in [1.807, 2.05) is 48.5 Å². The minimum Gasteiger partial charge on any atom is -0.481 e. The van der Waals surface area contributed by atoms with E-state index in [4.69, 9.17) is 0 Å². The van der Waals surface area contributed by atoms with Crippen molar-refractivity contribution in [3.63, 3.8) is 0 Å². The number of pyridine rings is 1. The van der Waals surface area contributed by atoms with Crippen LogP contribution in [0.2, 0.25) is 0 Å². The molecule has 0 spiro atoms. The summed E-state index contributed by atoms with van der Waals surface area (Å²) in [6, 6.07) is 20.2. The van der Waals surface area contributed by atoms with E-state index < -0.39 is 17.0 Å². The lowest BCUT2D eigenvalue weighted by molar-refractivity contribution is -0.140. The largest absolute Gasteiger partial charge is 0.481 e. The predicted molar refractivity (Wildman–Crippen MR) is 163 cm³/mol. The highest BCUT2D eigenvalue weighted by atomic mass is 32.1. The van der Waals surface area contributed by atoms with Gasteiger partial charge in [-0.15, -0.1) is 0 Å². The van der Waals surface area contributed by atoms with Crippen molar-refractivity contribution < 1.29 is 23.9 Å². The maximum Gasteiger partial charge on any atom is 0.304 e. The fourth-order valence-corrected chi connectivity index (χ4v) is 6.46. The van der Waals surface area contributed by atoms with E-state index in [1.54, 1.807) is 29.3 Å². The normalized spacial score (nSPS) is 15.7. The van der Waals surface area contributed by atoms with E-state index in [-0.39, 0.29) is 41.5 Å². The average molecular weight is 599 g/mol. The van der Waals surface area contributed by atoms with Gasteiger partial charge in [-0.05, 0) is 55.4 Å². The monoisotopic (exact) mass is 598 g/mol. The summed E-state index contributed by atoms with van der Waals surface area (Å²) in [4.78, 5) is 50.3. The molecular formula is C33H31FN4O4S. The number of halogens is 1. The molecule has 10 heteroatoms. The van der Waals surface area contributed by atoms with Crippen molar-refractivity contribution in [2.24, 2.45) is 5.92 Å². The quantitative estimate of drug-likeness (QED) is 0.228. The van der Waals surface area contributed by atoms with Gasteiger partial charge in [-0.1, -0.05) is 65.9 Å². The van der Waals surface area contributed by atoms with Crippen LogP contribution in [0.15, 0.2) is 72.9 Å². The van der Waals surface area contributed by atoms with Crippen LogP contribution in [0, 0.1) is 11.0 Å². The average Bonchev–Trinajstić information content (AvgIpc) is 3.78. The van der Waals surface area contributed by atoms with E-state index in [1.165, 1.54) is 4.90 Å². The Morgan fingerprint density at radius 3 is 2.44 bits per heavy atom. The number of benzene rings is 2. The Balaban J connectivity index is 1.30. The molecule has 2 aromatic heterocycles. The highest BCUT2D eigenvalue weighted by molar-refractivity contribution is 7.14. The van der Waals surface area contributed by atoms with Crippen molar-refractivity contribution in [1.29, 1.82) is 0 Å². The van der Waals surface area contributed by atoms with Crippen LogP contribution in [0.1, 0.15) is 44.1 Å². The summed E-state index contributed by atoms with van der Waals surface area (Å²) in [5.74, 6) is -1.56. The molecule has 0 radical (unpaired) electrons. The van der Waals surface area contributed by atoms with E-state index in [2.05, 4.69) is 9.97 Å². The first-order valence-corrected chi connectivity index (χ1v) is 15.3. The number of carbonyl (C=O) groups is 3. The number of carbonyl (C=O) groups excluding carboxylic acids is 2. The van der Waals surface area contributed by atoms with E-state index >= 15 is 4.39 Å². The van der Waals surface area contributed by atoms with Gasteiger partial charge in [-0.3, -0.25) is 24.2 Å². The summed E-state index contributed by atoms with van der Waals surface area (Å²) in [5, 5.41) is 9.30. The van der Waals surface area contributed by atoms with Gasteiger partial charge in [0.25, 0.3) is 0 Å². The number of aliphatic carboxylic acids is 1. The molecule has 1 aliphatic carbocycles. The minimum atomic E-state index is -1.06. The number of amides is 2. The van der Waals surface area contributed by atoms with Crippen LogP contribution in [0.3, 0.4) is 0 Å². The molecule has 1 saturated heterocycles. The first-order valence-electron chi connectivity index (χ1n) is 14.5. The van der Waals surface area contributed by atoms with Gasteiger partial charge >= 0.3 is 5.97 Å². The number of anilines is 2. The van der Waals surface area contributed by atoms with Crippen molar-refractivity contribution in [3.05, 3.63) is 83.6 Å². The standard InChI is InChI=1S/C33H31FN4O4S/c34-31-30(26-11-5-4-10-25(26)22-13-16-27(35-20-22)37-17-7-6-12-28(37)39)36-33(43-31)38(24-14-15-24)32(42)23(19-29(40)41)18-21-8-2-1-3-9-21/h1-5,8-11,13,16,20,23-24H,6-7,12,14-15,17-19H2,(H,40,41). The molecule has 2 aromatic carbocycles. The summed E-state index contributed by atoms with van der Waals surface area (Å²) in [7, 11) is 0. The molecule has 1 saturated carbocycles. The Kier molecular flexibility index (Phi) is 8.29. The molecule has 2 aliphatic rings. The molecule has 8 nitrogen and oxygen atoms in total. The van der Waals surface area contributed by atoms with Gasteiger partial charge in [0.15, 0.2) is 5.13 Å². The second kappa shape index (κ2) is 12.4. The summed E-state index contributed by atoms with van der Waals surface area (Å²) in [6.45, 7) is 0.642. The second-order valence-corrected chi connectivity index (χ2v) is 11.9. The molecule has 43 heavy (non-hydrogen) atoms. The SMILES string of the molecule is O=C(O)CC(Cc1ccccc1)C(=O)N(c1nc(-c2ccccc2-c2ccc(N3CCCCC3=O)nc2)c(F)s1)C1CC1. The molecule has 2 amide bonds. The molecule has 1 unspecified atom stereocenters. The van der Waals surface area contributed by atoms with Gasteiger partial charge in [0.2, 0.25) is 16.9 Å². The molecule has 1 aliphatic heterocycles. The van der Waals surface area contributed by atoms with Crippen molar-refractivity contribution >= 4 is 40.1 Å². The number of hydrogen-bond donors (Lipinski definition) is 1. The molecule has 1 N–H and O–H groups in total. The van der Waals surface area contributed by atoms with Gasteiger partial charge in [-0.25, -0.2) is 9.97 Å². The van der Waals surface area contributed by atoms with Crippen LogP contribution in [-0.2, 0) is 20.8 Å². The summed E-state index contributed by atoms with van der Waals surface area (Å²) in [6.07, 6.45) is 5.47. The zero-order chi connectivity index (χ0) is 29.9. The fourth-order valence-electron chi connectivity index (χ4n) is 5.57.